The fourth-order valence-electron chi connectivity index (χ4n) is 1.80. The topological polar surface area (TPSA) is 98.3 Å². The van der Waals surface area contributed by atoms with Gasteiger partial charge in [-0.1, -0.05) is 0 Å². The molecule has 0 aliphatic rings. The second-order valence-electron chi connectivity index (χ2n) is 5.03. The Balaban J connectivity index is 2.38. The number of benzene rings is 1. The van der Waals surface area contributed by atoms with Crippen LogP contribution < -0.4 is 11.2 Å². The highest BCUT2D eigenvalue weighted by molar-refractivity contribution is 6.02. The minimum atomic E-state index is -0.533. The number of allylic oxidation sites excluding steroid dienone is 1. The number of aromatic nitrogens is 2. The fraction of sp³-hybridized carbons (Fsp3) is 0.125. The van der Waals surface area contributed by atoms with Crippen molar-refractivity contribution in [2.24, 2.45) is 5.73 Å². The highest BCUT2D eigenvalue weighted by atomic mass is 16.1. The van der Waals surface area contributed by atoms with Gasteiger partial charge in [-0.15, -0.1) is 0 Å². The van der Waals surface area contributed by atoms with Crippen molar-refractivity contribution in [1.82, 2.24) is 14.7 Å². The number of carbonyl (C=O) groups is 2. The lowest BCUT2D eigenvalue weighted by molar-refractivity contribution is 0.0998. The van der Waals surface area contributed by atoms with Crippen LogP contribution in [0.5, 0.6) is 0 Å². The molecule has 1 aromatic heterocycles. The van der Waals surface area contributed by atoms with Crippen LogP contribution in [-0.2, 0) is 0 Å². The van der Waals surface area contributed by atoms with E-state index in [4.69, 9.17) is 5.73 Å². The van der Waals surface area contributed by atoms with Crippen molar-refractivity contribution in [3.63, 3.8) is 0 Å². The van der Waals surface area contributed by atoms with Crippen molar-refractivity contribution in [2.45, 2.75) is 0 Å². The second kappa shape index (κ2) is 6.69. The summed E-state index contributed by atoms with van der Waals surface area (Å²) < 4.78 is 1.39. The van der Waals surface area contributed by atoms with Crippen molar-refractivity contribution in [3.05, 3.63) is 70.3 Å². The van der Waals surface area contributed by atoms with Gasteiger partial charge in [-0.3, -0.25) is 14.4 Å². The molecule has 0 saturated heterocycles. The molecule has 0 aliphatic heterocycles. The molecule has 0 saturated carbocycles. The number of amides is 1. The number of primary amides is 1. The van der Waals surface area contributed by atoms with E-state index in [1.807, 2.05) is 0 Å². The smallest absolute Gasteiger partial charge is 0.248 e. The standard InChI is InChI=1S/C16H16N4O3/c1-19(2)9-7-13(21)15-14(22)8-10-20(18-15)12-5-3-11(4-6-12)16(17)23/h3-10H,1-2H3,(H2,17,23)/b9-7+. The SMILES string of the molecule is CN(C)/C=C/C(=O)c1nn(-c2ccc(C(N)=O)cc2)ccc1=O. The van der Waals surface area contributed by atoms with E-state index in [2.05, 4.69) is 5.10 Å². The average Bonchev–Trinajstić information content (AvgIpc) is 2.53. The molecule has 0 bridgehead atoms. The molecule has 118 valence electrons. The van der Waals surface area contributed by atoms with E-state index < -0.39 is 17.1 Å². The molecule has 2 aromatic rings. The summed E-state index contributed by atoms with van der Waals surface area (Å²) in [5, 5.41) is 4.06. The summed E-state index contributed by atoms with van der Waals surface area (Å²) in [6.45, 7) is 0. The summed E-state index contributed by atoms with van der Waals surface area (Å²) in [6, 6.07) is 7.62. The monoisotopic (exact) mass is 312 g/mol. The van der Waals surface area contributed by atoms with Crippen LogP contribution in [0, 0.1) is 0 Å². The van der Waals surface area contributed by atoms with Crippen LogP contribution in [0.25, 0.3) is 5.69 Å². The third kappa shape index (κ3) is 3.91. The molecule has 2 rings (SSSR count). The first-order valence-corrected chi connectivity index (χ1v) is 6.77. The minimum absolute atomic E-state index is 0.176. The zero-order chi connectivity index (χ0) is 17.0. The van der Waals surface area contributed by atoms with E-state index in [0.29, 0.717) is 11.3 Å². The number of nitrogens with two attached hydrogens (primary N) is 1. The Morgan fingerprint density at radius 2 is 1.83 bits per heavy atom. The van der Waals surface area contributed by atoms with Crippen LogP contribution in [0.15, 0.2) is 53.6 Å². The molecule has 0 spiro atoms. The first-order chi connectivity index (χ1) is 10.9. The third-order valence-corrected chi connectivity index (χ3v) is 2.98. The van der Waals surface area contributed by atoms with Crippen molar-refractivity contribution in [3.8, 4) is 5.69 Å². The molecule has 0 radical (unpaired) electrons. The number of nitrogens with zero attached hydrogens (tertiary/aromatic N) is 3. The molecule has 1 amide bonds. The van der Waals surface area contributed by atoms with Gasteiger partial charge >= 0.3 is 0 Å². The van der Waals surface area contributed by atoms with Crippen LogP contribution in [0.4, 0.5) is 0 Å². The second-order valence-corrected chi connectivity index (χ2v) is 5.03. The van der Waals surface area contributed by atoms with Gasteiger partial charge in [-0.25, -0.2) is 4.68 Å². The quantitative estimate of drug-likeness (QED) is 0.643. The zero-order valence-electron chi connectivity index (χ0n) is 12.8. The Labute approximate surface area is 132 Å². The highest BCUT2D eigenvalue weighted by Crippen LogP contribution is 2.08. The maximum Gasteiger partial charge on any atom is 0.248 e. The van der Waals surface area contributed by atoms with Crippen LogP contribution >= 0.6 is 0 Å². The predicted octanol–water partition coefficient (Wildman–Crippen LogP) is 0.589. The molecule has 0 atom stereocenters. The lowest BCUT2D eigenvalue weighted by Crippen LogP contribution is -2.20. The van der Waals surface area contributed by atoms with E-state index in [-0.39, 0.29) is 5.69 Å². The Morgan fingerprint density at radius 1 is 1.17 bits per heavy atom. The van der Waals surface area contributed by atoms with Gasteiger partial charge in [-0.2, -0.15) is 5.10 Å². The summed E-state index contributed by atoms with van der Waals surface area (Å²) in [5.74, 6) is -1.01. The largest absolute Gasteiger partial charge is 0.383 e. The van der Waals surface area contributed by atoms with Crippen LogP contribution in [0.2, 0.25) is 0 Å². The number of hydrogen-bond acceptors (Lipinski definition) is 5. The van der Waals surface area contributed by atoms with Crippen molar-refractivity contribution >= 4 is 11.7 Å². The third-order valence-electron chi connectivity index (χ3n) is 2.98. The van der Waals surface area contributed by atoms with Gasteiger partial charge in [0.25, 0.3) is 0 Å². The summed E-state index contributed by atoms with van der Waals surface area (Å²) in [7, 11) is 3.53. The Hall–Kier alpha value is -3.22. The molecule has 23 heavy (non-hydrogen) atoms. The molecular formula is C16H16N4O3. The summed E-state index contributed by atoms with van der Waals surface area (Å²) in [6.07, 6.45) is 4.28. The highest BCUT2D eigenvalue weighted by Gasteiger charge is 2.11. The van der Waals surface area contributed by atoms with Crippen LogP contribution in [0.3, 0.4) is 0 Å². The molecule has 0 fully saturated rings. The number of hydrogen-bond donors (Lipinski definition) is 1. The van der Waals surface area contributed by atoms with Crippen molar-refractivity contribution in [1.29, 1.82) is 0 Å². The molecule has 1 aromatic carbocycles. The molecule has 7 nitrogen and oxygen atoms in total. The first-order valence-electron chi connectivity index (χ1n) is 6.77. The lowest BCUT2D eigenvalue weighted by atomic mass is 10.2. The van der Waals surface area contributed by atoms with Crippen LogP contribution in [0.1, 0.15) is 20.8 Å². The fourth-order valence-corrected chi connectivity index (χ4v) is 1.80. The van der Waals surface area contributed by atoms with Gasteiger partial charge in [0.05, 0.1) is 5.69 Å². The maximum absolute atomic E-state index is 12.0. The van der Waals surface area contributed by atoms with E-state index in [9.17, 15) is 14.4 Å². The molecule has 0 aliphatic carbocycles. The van der Waals surface area contributed by atoms with Gasteiger partial charge in [0, 0.05) is 44.2 Å². The molecular weight excluding hydrogens is 296 g/mol. The van der Waals surface area contributed by atoms with Gasteiger partial charge in [0.15, 0.2) is 5.69 Å². The number of ketones is 1. The summed E-state index contributed by atoms with van der Waals surface area (Å²) in [5.41, 5.74) is 5.51. The Morgan fingerprint density at radius 3 is 2.39 bits per heavy atom. The predicted molar refractivity (Wildman–Crippen MR) is 85.5 cm³/mol. The normalized spacial score (nSPS) is 10.7. The molecule has 0 unspecified atom stereocenters. The summed E-state index contributed by atoms with van der Waals surface area (Å²) in [4.78, 5) is 36.6. The van der Waals surface area contributed by atoms with Crippen LogP contribution in [-0.4, -0.2) is 40.5 Å². The minimum Gasteiger partial charge on any atom is -0.383 e. The van der Waals surface area contributed by atoms with Gasteiger partial charge in [0.2, 0.25) is 17.1 Å². The van der Waals surface area contributed by atoms with Crippen molar-refractivity contribution in [2.75, 3.05) is 14.1 Å². The number of rotatable bonds is 5. The number of carbonyl (C=O) groups excluding carboxylic acids is 2. The van der Waals surface area contributed by atoms with Gasteiger partial charge in [0.1, 0.15) is 0 Å². The van der Waals surface area contributed by atoms with E-state index in [1.165, 1.54) is 23.0 Å². The van der Waals surface area contributed by atoms with E-state index in [0.717, 1.165) is 0 Å². The molecule has 7 heteroatoms. The molecule has 2 N–H and O–H groups in total. The molecule has 1 heterocycles. The van der Waals surface area contributed by atoms with Gasteiger partial charge in [-0.05, 0) is 24.3 Å². The van der Waals surface area contributed by atoms with Gasteiger partial charge < -0.3 is 10.6 Å². The Kier molecular flexibility index (Phi) is 4.70. The first kappa shape index (κ1) is 16.2. The van der Waals surface area contributed by atoms with E-state index >= 15 is 0 Å². The lowest BCUT2D eigenvalue weighted by Gasteiger charge is -2.07. The zero-order valence-corrected chi connectivity index (χ0v) is 12.8. The maximum atomic E-state index is 12.0. The Bertz CT molecular complexity index is 820. The average molecular weight is 312 g/mol. The van der Waals surface area contributed by atoms with E-state index in [1.54, 1.807) is 49.5 Å². The summed E-state index contributed by atoms with van der Waals surface area (Å²) >= 11 is 0. The van der Waals surface area contributed by atoms with Crippen molar-refractivity contribution < 1.29 is 9.59 Å².